The maximum absolute atomic E-state index is 12.5. The second-order valence-corrected chi connectivity index (χ2v) is 8.82. The third-order valence-corrected chi connectivity index (χ3v) is 6.33. The van der Waals surface area contributed by atoms with E-state index in [1.165, 1.54) is 12.1 Å². The molecule has 0 spiro atoms. The number of nitrogens with one attached hydrogen (secondary N) is 2. The van der Waals surface area contributed by atoms with Crippen LogP contribution >= 0.6 is 23.2 Å². The number of amides is 1. The first-order chi connectivity index (χ1) is 12.3. The third kappa shape index (κ3) is 4.57. The van der Waals surface area contributed by atoms with E-state index in [-0.39, 0.29) is 26.5 Å². The van der Waals surface area contributed by atoms with Crippen LogP contribution < -0.4 is 10.0 Å². The van der Waals surface area contributed by atoms with Crippen LogP contribution in [0.15, 0.2) is 41.3 Å². The van der Waals surface area contributed by atoms with E-state index < -0.39 is 15.9 Å². The molecular formula is C18H18Cl2N2O3S. The molecular weight excluding hydrogens is 395 g/mol. The molecule has 2 N–H and O–H groups in total. The predicted molar refractivity (Wildman–Crippen MR) is 102 cm³/mol. The average molecular weight is 413 g/mol. The Morgan fingerprint density at radius 2 is 1.77 bits per heavy atom. The fraction of sp³-hybridized carbons (Fsp3) is 0.278. The highest BCUT2D eigenvalue weighted by molar-refractivity contribution is 7.89. The Morgan fingerprint density at radius 3 is 2.38 bits per heavy atom. The standard InChI is InChI=1S/C18H18Cl2N2O3S/c1-11-2-4-12(5-3-11)10-21-18(23)14-8-17(16(20)9-15(14)19)26(24,25)22-13-6-7-13/h2-5,8-9,13,22H,6-7,10H2,1H3,(H,21,23). The van der Waals surface area contributed by atoms with Gasteiger partial charge in [0.05, 0.1) is 15.6 Å². The second-order valence-electron chi connectivity index (χ2n) is 6.33. The summed E-state index contributed by atoms with van der Waals surface area (Å²) in [6.07, 6.45) is 1.60. The van der Waals surface area contributed by atoms with E-state index in [2.05, 4.69) is 10.0 Å². The van der Waals surface area contributed by atoms with Crippen molar-refractivity contribution in [2.24, 2.45) is 0 Å². The van der Waals surface area contributed by atoms with Gasteiger partial charge in [-0.1, -0.05) is 53.0 Å². The summed E-state index contributed by atoms with van der Waals surface area (Å²) in [5.74, 6) is -0.463. The van der Waals surface area contributed by atoms with Gasteiger partial charge in [-0.15, -0.1) is 0 Å². The number of benzene rings is 2. The highest BCUT2D eigenvalue weighted by atomic mass is 35.5. The van der Waals surface area contributed by atoms with Crippen LogP contribution in [-0.4, -0.2) is 20.4 Å². The van der Waals surface area contributed by atoms with Crippen molar-refractivity contribution in [3.63, 3.8) is 0 Å². The van der Waals surface area contributed by atoms with E-state index in [4.69, 9.17) is 23.2 Å². The van der Waals surface area contributed by atoms with Crippen molar-refractivity contribution >= 4 is 39.1 Å². The minimum absolute atomic E-state index is 0.0155. The van der Waals surface area contributed by atoms with Crippen LogP contribution in [0.25, 0.3) is 0 Å². The molecule has 0 atom stereocenters. The minimum atomic E-state index is -3.79. The zero-order chi connectivity index (χ0) is 18.9. The first-order valence-electron chi connectivity index (χ1n) is 8.11. The van der Waals surface area contributed by atoms with Crippen LogP contribution in [0.3, 0.4) is 0 Å². The van der Waals surface area contributed by atoms with Gasteiger partial charge in [0, 0.05) is 12.6 Å². The first-order valence-corrected chi connectivity index (χ1v) is 10.4. The first kappa shape index (κ1) is 19.2. The van der Waals surface area contributed by atoms with E-state index in [0.29, 0.717) is 6.54 Å². The van der Waals surface area contributed by atoms with E-state index in [9.17, 15) is 13.2 Å². The van der Waals surface area contributed by atoms with E-state index in [0.717, 1.165) is 24.0 Å². The van der Waals surface area contributed by atoms with Crippen LogP contribution in [0.1, 0.15) is 34.3 Å². The molecule has 1 fully saturated rings. The van der Waals surface area contributed by atoms with Gasteiger partial charge in [-0.05, 0) is 37.5 Å². The Kier molecular flexibility index (Phi) is 5.58. The Hall–Kier alpha value is -1.60. The maximum Gasteiger partial charge on any atom is 0.253 e. The van der Waals surface area contributed by atoms with Gasteiger partial charge in [0.15, 0.2) is 0 Å². The molecule has 2 aromatic rings. The van der Waals surface area contributed by atoms with Crippen LogP contribution in [0.2, 0.25) is 10.0 Å². The molecule has 0 heterocycles. The molecule has 0 radical (unpaired) electrons. The summed E-state index contributed by atoms with van der Waals surface area (Å²) in [6.45, 7) is 2.29. The summed E-state index contributed by atoms with van der Waals surface area (Å²) < 4.78 is 27.4. The molecule has 3 rings (SSSR count). The van der Waals surface area contributed by atoms with Gasteiger partial charge in [0.1, 0.15) is 4.90 Å². The molecule has 1 aliphatic carbocycles. The zero-order valence-corrected chi connectivity index (χ0v) is 16.4. The lowest BCUT2D eigenvalue weighted by Crippen LogP contribution is -2.27. The van der Waals surface area contributed by atoms with Crippen molar-refractivity contribution in [3.05, 3.63) is 63.1 Å². The third-order valence-electron chi connectivity index (χ3n) is 4.03. The molecule has 0 unspecified atom stereocenters. The maximum atomic E-state index is 12.5. The number of hydrogen-bond donors (Lipinski definition) is 2. The van der Waals surface area contributed by atoms with E-state index in [1.807, 2.05) is 31.2 Å². The van der Waals surface area contributed by atoms with Gasteiger partial charge in [0.2, 0.25) is 10.0 Å². The summed E-state index contributed by atoms with van der Waals surface area (Å²) in [4.78, 5) is 12.3. The van der Waals surface area contributed by atoms with Gasteiger partial charge in [-0.3, -0.25) is 4.79 Å². The summed E-state index contributed by atoms with van der Waals surface area (Å²) in [5.41, 5.74) is 2.12. The largest absolute Gasteiger partial charge is 0.348 e. The lowest BCUT2D eigenvalue weighted by Gasteiger charge is -2.12. The second kappa shape index (κ2) is 7.56. The number of rotatable bonds is 6. The molecule has 1 saturated carbocycles. The van der Waals surface area contributed by atoms with Gasteiger partial charge >= 0.3 is 0 Å². The van der Waals surface area contributed by atoms with E-state index >= 15 is 0 Å². The Morgan fingerprint density at radius 1 is 1.12 bits per heavy atom. The number of carbonyl (C=O) groups is 1. The average Bonchev–Trinajstić information content (AvgIpc) is 3.37. The molecule has 0 bridgehead atoms. The van der Waals surface area contributed by atoms with Crippen LogP contribution in [0.5, 0.6) is 0 Å². The van der Waals surface area contributed by atoms with Crippen molar-refractivity contribution in [1.29, 1.82) is 0 Å². The van der Waals surface area contributed by atoms with Gasteiger partial charge in [-0.25, -0.2) is 13.1 Å². The normalized spacial score (nSPS) is 14.3. The minimum Gasteiger partial charge on any atom is -0.348 e. The quantitative estimate of drug-likeness (QED) is 0.759. The fourth-order valence-electron chi connectivity index (χ4n) is 2.38. The van der Waals surface area contributed by atoms with Gasteiger partial charge in [-0.2, -0.15) is 0 Å². The topological polar surface area (TPSA) is 75.3 Å². The number of aryl methyl sites for hydroxylation is 1. The van der Waals surface area contributed by atoms with Crippen molar-refractivity contribution in [3.8, 4) is 0 Å². The fourth-order valence-corrected chi connectivity index (χ4v) is 4.54. The van der Waals surface area contributed by atoms with Crippen LogP contribution in [0, 0.1) is 6.92 Å². The molecule has 138 valence electrons. The number of hydrogen-bond acceptors (Lipinski definition) is 3. The number of halogens is 2. The predicted octanol–water partition coefficient (Wildman–Crippen LogP) is 3.67. The van der Waals surface area contributed by atoms with Gasteiger partial charge in [0.25, 0.3) is 5.91 Å². The lowest BCUT2D eigenvalue weighted by molar-refractivity contribution is 0.0951. The van der Waals surface area contributed by atoms with Gasteiger partial charge < -0.3 is 5.32 Å². The smallest absolute Gasteiger partial charge is 0.253 e. The number of carbonyl (C=O) groups excluding carboxylic acids is 1. The molecule has 0 aliphatic heterocycles. The molecule has 0 aromatic heterocycles. The molecule has 5 nitrogen and oxygen atoms in total. The number of sulfonamides is 1. The Labute approximate surface area is 162 Å². The van der Waals surface area contributed by atoms with Crippen LogP contribution in [0.4, 0.5) is 0 Å². The van der Waals surface area contributed by atoms with E-state index in [1.54, 1.807) is 0 Å². The zero-order valence-electron chi connectivity index (χ0n) is 14.1. The summed E-state index contributed by atoms with van der Waals surface area (Å²) >= 11 is 12.2. The SMILES string of the molecule is Cc1ccc(CNC(=O)c2cc(S(=O)(=O)NC3CC3)c(Cl)cc2Cl)cc1. The molecule has 26 heavy (non-hydrogen) atoms. The van der Waals surface area contributed by atoms with Crippen molar-refractivity contribution in [1.82, 2.24) is 10.0 Å². The molecule has 8 heteroatoms. The summed E-state index contributed by atoms with van der Waals surface area (Å²) in [6, 6.07) is 10.2. The highest BCUT2D eigenvalue weighted by Crippen LogP contribution is 2.30. The summed E-state index contributed by atoms with van der Waals surface area (Å²) in [5, 5.41) is 2.83. The van der Waals surface area contributed by atoms with Crippen molar-refractivity contribution in [2.75, 3.05) is 0 Å². The Balaban J connectivity index is 1.80. The lowest BCUT2D eigenvalue weighted by atomic mass is 10.1. The van der Waals surface area contributed by atoms with Crippen molar-refractivity contribution in [2.45, 2.75) is 37.2 Å². The Bertz CT molecular complexity index is 940. The highest BCUT2D eigenvalue weighted by Gasteiger charge is 2.30. The molecule has 2 aromatic carbocycles. The monoisotopic (exact) mass is 412 g/mol. The molecule has 0 saturated heterocycles. The van der Waals surface area contributed by atoms with Crippen molar-refractivity contribution < 1.29 is 13.2 Å². The summed E-state index contributed by atoms with van der Waals surface area (Å²) in [7, 11) is -3.79. The van der Waals surface area contributed by atoms with Crippen LogP contribution in [-0.2, 0) is 16.6 Å². The molecule has 1 aliphatic rings. The molecule has 1 amide bonds.